The van der Waals surface area contributed by atoms with E-state index >= 15 is 0 Å². The molecule has 1 aromatic heterocycles. The molecule has 0 amide bonds. The van der Waals surface area contributed by atoms with Crippen molar-refractivity contribution in [1.82, 2.24) is 5.16 Å². The van der Waals surface area contributed by atoms with E-state index in [4.69, 9.17) is 14.6 Å². The van der Waals surface area contributed by atoms with E-state index in [0.717, 1.165) is 11.1 Å². The largest absolute Gasteiger partial charge is 0.508 e. The number of phenolic OH excluding ortho intramolecular Hbond substituents is 1. The van der Waals surface area contributed by atoms with Crippen LogP contribution in [-0.2, 0) is 0 Å². The summed E-state index contributed by atoms with van der Waals surface area (Å²) in [7, 11) is -1.48. The van der Waals surface area contributed by atoms with Crippen molar-refractivity contribution in [2.75, 3.05) is 0 Å². The van der Waals surface area contributed by atoms with Crippen molar-refractivity contribution in [2.24, 2.45) is 0 Å². The van der Waals surface area contributed by atoms with E-state index in [9.17, 15) is 5.11 Å². The fourth-order valence-corrected chi connectivity index (χ4v) is 2.00. The third-order valence-electron chi connectivity index (χ3n) is 3.17. The lowest BCUT2D eigenvalue weighted by Crippen LogP contribution is -2.29. The molecular formula is C15H12BNO4. The molecule has 0 saturated heterocycles. The molecular weight excluding hydrogens is 269 g/mol. The molecule has 104 valence electrons. The molecule has 5 nitrogen and oxygen atoms in total. The highest BCUT2D eigenvalue weighted by molar-refractivity contribution is 6.58. The molecule has 21 heavy (non-hydrogen) atoms. The molecule has 2 aromatic carbocycles. The average molecular weight is 281 g/mol. The van der Waals surface area contributed by atoms with Gasteiger partial charge in [0, 0.05) is 17.2 Å². The summed E-state index contributed by atoms with van der Waals surface area (Å²) in [4.78, 5) is 0. The maximum atomic E-state index is 9.27. The van der Waals surface area contributed by atoms with Crippen molar-refractivity contribution in [2.45, 2.75) is 0 Å². The Bertz CT molecular complexity index is 735. The monoisotopic (exact) mass is 281 g/mol. The van der Waals surface area contributed by atoms with E-state index in [2.05, 4.69) is 5.16 Å². The highest BCUT2D eigenvalue weighted by Crippen LogP contribution is 2.26. The first kappa shape index (κ1) is 13.4. The Morgan fingerprint density at radius 1 is 0.857 bits per heavy atom. The highest BCUT2D eigenvalue weighted by Gasteiger charge is 2.12. The van der Waals surface area contributed by atoms with Crippen LogP contribution >= 0.6 is 0 Å². The van der Waals surface area contributed by atoms with Crippen molar-refractivity contribution >= 4 is 12.6 Å². The van der Waals surface area contributed by atoms with Crippen molar-refractivity contribution in [3.63, 3.8) is 0 Å². The third-order valence-corrected chi connectivity index (χ3v) is 3.17. The molecule has 3 N–H and O–H groups in total. The van der Waals surface area contributed by atoms with Gasteiger partial charge in [-0.2, -0.15) is 0 Å². The molecule has 3 rings (SSSR count). The van der Waals surface area contributed by atoms with Gasteiger partial charge in [0.2, 0.25) is 0 Å². The molecule has 0 aliphatic rings. The van der Waals surface area contributed by atoms with Crippen LogP contribution < -0.4 is 5.46 Å². The minimum atomic E-state index is -1.48. The van der Waals surface area contributed by atoms with Gasteiger partial charge in [0.25, 0.3) is 0 Å². The molecule has 0 radical (unpaired) electrons. The molecule has 0 aliphatic carbocycles. The Labute approximate surface area is 121 Å². The van der Waals surface area contributed by atoms with Gasteiger partial charge in [0.1, 0.15) is 11.4 Å². The molecule has 6 heteroatoms. The second-order valence-corrected chi connectivity index (χ2v) is 4.62. The van der Waals surface area contributed by atoms with Gasteiger partial charge in [0.15, 0.2) is 5.76 Å². The molecule has 0 fully saturated rings. The Morgan fingerprint density at radius 2 is 1.48 bits per heavy atom. The van der Waals surface area contributed by atoms with E-state index in [-0.39, 0.29) is 5.75 Å². The average Bonchev–Trinajstić information content (AvgIpc) is 2.98. The molecule has 3 aromatic rings. The van der Waals surface area contributed by atoms with Crippen LogP contribution in [0.5, 0.6) is 5.75 Å². The SMILES string of the molecule is OB(O)c1ccc(-c2cc(-c3ccc(O)cc3)on2)cc1. The maximum Gasteiger partial charge on any atom is 0.488 e. The van der Waals surface area contributed by atoms with E-state index in [1.54, 1.807) is 54.6 Å². The fraction of sp³-hybridized carbons (Fsp3) is 0. The minimum Gasteiger partial charge on any atom is -0.508 e. The summed E-state index contributed by atoms with van der Waals surface area (Å²) >= 11 is 0. The van der Waals surface area contributed by atoms with Crippen LogP contribution in [0.25, 0.3) is 22.6 Å². The topological polar surface area (TPSA) is 86.7 Å². The maximum absolute atomic E-state index is 9.27. The zero-order chi connectivity index (χ0) is 14.8. The zero-order valence-electron chi connectivity index (χ0n) is 11.0. The van der Waals surface area contributed by atoms with Gasteiger partial charge in [0.05, 0.1) is 0 Å². The van der Waals surface area contributed by atoms with Gasteiger partial charge in [-0.25, -0.2) is 0 Å². The van der Waals surface area contributed by atoms with E-state index in [0.29, 0.717) is 16.9 Å². The van der Waals surface area contributed by atoms with Gasteiger partial charge in [-0.3, -0.25) is 0 Å². The first-order valence-corrected chi connectivity index (χ1v) is 6.36. The van der Waals surface area contributed by atoms with Gasteiger partial charge < -0.3 is 19.7 Å². The molecule has 0 unspecified atom stereocenters. The predicted molar refractivity (Wildman–Crippen MR) is 78.9 cm³/mol. The summed E-state index contributed by atoms with van der Waals surface area (Å²) in [5.74, 6) is 0.785. The van der Waals surface area contributed by atoms with Crippen LogP contribution in [0.3, 0.4) is 0 Å². The summed E-state index contributed by atoms with van der Waals surface area (Å²) < 4.78 is 5.29. The number of hydrogen-bond acceptors (Lipinski definition) is 5. The smallest absolute Gasteiger partial charge is 0.488 e. The minimum absolute atomic E-state index is 0.191. The quantitative estimate of drug-likeness (QED) is 0.632. The Morgan fingerprint density at radius 3 is 2.10 bits per heavy atom. The van der Waals surface area contributed by atoms with Crippen molar-refractivity contribution in [1.29, 1.82) is 0 Å². The van der Waals surface area contributed by atoms with Crippen LogP contribution in [0.2, 0.25) is 0 Å². The molecule has 0 bridgehead atoms. The van der Waals surface area contributed by atoms with Crippen LogP contribution in [0.15, 0.2) is 59.1 Å². The predicted octanol–water partition coefficient (Wildman–Crippen LogP) is 1.39. The zero-order valence-corrected chi connectivity index (χ0v) is 11.0. The second-order valence-electron chi connectivity index (χ2n) is 4.62. The van der Waals surface area contributed by atoms with E-state index in [1.165, 1.54) is 0 Å². The van der Waals surface area contributed by atoms with Crippen molar-refractivity contribution in [3.05, 3.63) is 54.6 Å². The Hall–Kier alpha value is -2.57. The summed E-state index contributed by atoms with van der Waals surface area (Å²) in [6.07, 6.45) is 0. The van der Waals surface area contributed by atoms with E-state index in [1.807, 2.05) is 0 Å². The van der Waals surface area contributed by atoms with Crippen LogP contribution in [0, 0.1) is 0 Å². The standard InChI is InChI=1S/C15H12BNO4/c18-13-7-3-11(4-8-13)15-9-14(17-21-15)10-1-5-12(6-2-10)16(19)20/h1-9,18-20H. The van der Waals surface area contributed by atoms with Crippen molar-refractivity contribution < 1.29 is 19.7 Å². The number of phenols is 1. The number of benzene rings is 2. The van der Waals surface area contributed by atoms with Gasteiger partial charge >= 0.3 is 7.12 Å². The van der Waals surface area contributed by atoms with Crippen LogP contribution in [0.4, 0.5) is 0 Å². The lowest BCUT2D eigenvalue weighted by atomic mass is 9.80. The van der Waals surface area contributed by atoms with E-state index < -0.39 is 7.12 Å². The summed E-state index contributed by atoms with van der Waals surface area (Å²) in [6, 6.07) is 15.2. The Kier molecular flexibility index (Phi) is 3.47. The second kappa shape index (κ2) is 5.44. The summed E-state index contributed by atoms with van der Waals surface area (Å²) in [6.45, 7) is 0. The number of rotatable bonds is 3. The molecule has 0 spiro atoms. The number of hydrogen-bond donors (Lipinski definition) is 3. The lowest BCUT2D eigenvalue weighted by Gasteiger charge is -1.99. The highest BCUT2D eigenvalue weighted by atomic mass is 16.5. The van der Waals surface area contributed by atoms with Crippen LogP contribution in [-0.4, -0.2) is 27.4 Å². The third kappa shape index (κ3) is 2.81. The number of nitrogens with zero attached hydrogens (tertiary/aromatic N) is 1. The lowest BCUT2D eigenvalue weighted by molar-refractivity contribution is 0.426. The van der Waals surface area contributed by atoms with Crippen LogP contribution in [0.1, 0.15) is 0 Å². The number of aromatic hydroxyl groups is 1. The Balaban J connectivity index is 1.89. The molecule has 0 saturated carbocycles. The normalized spacial score (nSPS) is 10.6. The summed E-state index contributed by atoms with van der Waals surface area (Å²) in [5.41, 5.74) is 2.69. The van der Waals surface area contributed by atoms with Crippen molar-refractivity contribution in [3.8, 4) is 28.3 Å². The van der Waals surface area contributed by atoms with Gasteiger partial charge in [-0.1, -0.05) is 29.4 Å². The number of aromatic nitrogens is 1. The first-order valence-electron chi connectivity index (χ1n) is 6.36. The van der Waals surface area contributed by atoms with Gasteiger partial charge in [-0.15, -0.1) is 0 Å². The molecule has 1 heterocycles. The van der Waals surface area contributed by atoms with Gasteiger partial charge in [-0.05, 0) is 29.7 Å². The summed E-state index contributed by atoms with van der Waals surface area (Å²) in [5, 5.41) is 31.4. The fourth-order valence-electron chi connectivity index (χ4n) is 2.00. The molecule has 0 atom stereocenters. The molecule has 0 aliphatic heterocycles. The first-order chi connectivity index (χ1) is 10.1.